The van der Waals surface area contributed by atoms with Crippen LogP contribution in [0.25, 0.3) is 0 Å². The first-order chi connectivity index (χ1) is 13.1. The number of hydrogen-bond acceptors (Lipinski definition) is 3. The van der Waals surface area contributed by atoms with E-state index in [1.165, 1.54) is 100 Å². The van der Waals surface area contributed by atoms with Crippen LogP contribution in [0.4, 0.5) is 0 Å². The number of carboxylic acid groups (broad SMARTS) is 1. The number of carboxylic acids is 1. The van der Waals surface area contributed by atoms with Crippen molar-refractivity contribution in [3.05, 3.63) is 0 Å². The third-order valence-electron chi connectivity index (χ3n) is 6.06. The first-order valence-corrected chi connectivity index (χ1v) is 12.6. The van der Waals surface area contributed by atoms with Gasteiger partial charge in [0.2, 0.25) is 0 Å². The molecule has 0 aromatic carbocycles. The Balaban J connectivity index is 2.33. The molecular weight excluding hydrogens is 356 g/mol. The summed E-state index contributed by atoms with van der Waals surface area (Å²) in [5.41, 5.74) is 0. The minimum atomic E-state index is -0.652. The van der Waals surface area contributed by atoms with E-state index < -0.39 is 5.97 Å². The minimum absolute atomic E-state index is 0.324. The molecule has 1 N–H and O–H groups in total. The van der Waals surface area contributed by atoms with Crippen LogP contribution in [0.5, 0.6) is 0 Å². The fourth-order valence-corrected chi connectivity index (χ4v) is 5.19. The Hall–Kier alpha value is -0.260. The van der Waals surface area contributed by atoms with Gasteiger partial charge in [0.15, 0.2) is 0 Å². The number of aliphatic carboxylic acids is 1. The number of carbonyl (C=O) groups is 1. The van der Waals surface area contributed by atoms with E-state index in [9.17, 15) is 4.79 Å². The fourth-order valence-electron chi connectivity index (χ4n) is 4.18. The highest BCUT2D eigenvalue weighted by atomic mass is 32.2. The monoisotopic (exact) mass is 401 g/mol. The second-order valence-corrected chi connectivity index (χ2v) is 9.48. The maximum atomic E-state index is 10.8. The molecule has 1 saturated heterocycles. The number of quaternary nitrogens is 1. The molecule has 1 heterocycles. The molecule has 0 radical (unpaired) electrons. The standard InChI is InChI=1S/C22H44N2O2S/c1-3-20-27-21-19-24(4-2,18-12-7-13-22(25)26)17-11-6-10-16-23-14-8-5-9-15-23/h3-21H2,1-2H3/p+1. The van der Waals surface area contributed by atoms with Crippen LogP contribution in [0.1, 0.15) is 78.1 Å². The van der Waals surface area contributed by atoms with Gasteiger partial charge < -0.3 is 14.5 Å². The molecule has 1 unspecified atom stereocenters. The molecule has 27 heavy (non-hydrogen) atoms. The molecule has 1 atom stereocenters. The molecule has 1 aliphatic heterocycles. The van der Waals surface area contributed by atoms with Crippen LogP contribution in [0.15, 0.2) is 0 Å². The number of piperidine rings is 1. The van der Waals surface area contributed by atoms with Crippen LogP contribution in [0, 0.1) is 0 Å². The molecular formula is C22H45N2O2S+. The van der Waals surface area contributed by atoms with Crippen LogP contribution in [-0.4, -0.2) is 77.8 Å². The van der Waals surface area contributed by atoms with Gasteiger partial charge in [-0.2, -0.15) is 11.8 Å². The predicted molar refractivity (Wildman–Crippen MR) is 119 cm³/mol. The molecule has 4 nitrogen and oxygen atoms in total. The molecule has 1 rings (SSSR count). The van der Waals surface area contributed by atoms with Gasteiger partial charge in [-0.15, -0.1) is 0 Å². The summed E-state index contributed by atoms with van der Waals surface area (Å²) in [6.07, 6.45) is 11.7. The average molecular weight is 402 g/mol. The summed E-state index contributed by atoms with van der Waals surface area (Å²) in [6.45, 7) is 13.4. The van der Waals surface area contributed by atoms with Crippen LogP contribution in [0.3, 0.4) is 0 Å². The quantitative estimate of drug-likeness (QED) is 0.279. The van der Waals surface area contributed by atoms with Gasteiger partial charge >= 0.3 is 5.97 Å². The van der Waals surface area contributed by atoms with E-state index in [0.29, 0.717) is 6.42 Å². The Labute approximate surface area is 172 Å². The van der Waals surface area contributed by atoms with Crippen molar-refractivity contribution in [2.45, 2.75) is 78.1 Å². The minimum Gasteiger partial charge on any atom is -0.481 e. The summed E-state index contributed by atoms with van der Waals surface area (Å²) in [6, 6.07) is 0. The zero-order valence-corrected chi connectivity index (χ0v) is 18.9. The summed E-state index contributed by atoms with van der Waals surface area (Å²) >= 11 is 2.09. The van der Waals surface area contributed by atoms with Crippen LogP contribution >= 0.6 is 11.8 Å². The molecule has 0 saturated carbocycles. The Morgan fingerprint density at radius 2 is 1.63 bits per heavy atom. The number of thioether (sulfide) groups is 1. The lowest BCUT2D eigenvalue weighted by atomic mass is 10.1. The van der Waals surface area contributed by atoms with E-state index in [0.717, 1.165) is 19.4 Å². The summed E-state index contributed by atoms with van der Waals surface area (Å²) in [7, 11) is 0. The molecule has 1 aliphatic rings. The molecule has 0 bridgehead atoms. The van der Waals surface area contributed by atoms with Crippen molar-refractivity contribution in [3.63, 3.8) is 0 Å². The van der Waals surface area contributed by atoms with Gasteiger partial charge in [0.05, 0.1) is 26.2 Å². The van der Waals surface area contributed by atoms with Gasteiger partial charge in [0, 0.05) is 12.2 Å². The van der Waals surface area contributed by atoms with E-state index in [-0.39, 0.29) is 0 Å². The van der Waals surface area contributed by atoms with Gasteiger partial charge in [-0.1, -0.05) is 13.3 Å². The van der Waals surface area contributed by atoms with Crippen LogP contribution in [-0.2, 0) is 4.79 Å². The molecule has 5 heteroatoms. The molecule has 1 fully saturated rings. The fraction of sp³-hybridized carbons (Fsp3) is 0.955. The lowest BCUT2D eigenvalue weighted by Crippen LogP contribution is -2.50. The van der Waals surface area contributed by atoms with Crippen molar-refractivity contribution < 1.29 is 14.4 Å². The summed E-state index contributed by atoms with van der Waals surface area (Å²) in [5.74, 6) is 1.85. The average Bonchev–Trinajstić information content (AvgIpc) is 2.68. The third-order valence-corrected chi connectivity index (χ3v) is 7.23. The maximum absolute atomic E-state index is 10.8. The topological polar surface area (TPSA) is 40.5 Å². The second-order valence-electron chi connectivity index (χ2n) is 8.25. The van der Waals surface area contributed by atoms with E-state index in [1.54, 1.807) is 0 Å². The molecule has 0 spiro atoms. The van der Waals surface area contributed by atoms with Crippen molar-refractivity contribution in [1.82, 2.24) is 4.90 Å². The second kappa shape index (κ2) is 15.6. The van der Waals surface area contributed by atoms with Gasteiger partial charge in [0.1, 0.15) is 0 Å². The maximum Gasteiger partial charge on any atom is 0.303 e. The number of unbranched alkanes of at least 4 members (excludes halogenated alkanes) is 3. The highest BCUT2D eigenvalue weighted by molar-refractivity contribution is 7.99. The van der Waals surface area contributed by atoms with Gasteiger partial charge in [-0.3, -0.25) is 4.79 Å². The highest BCUT2D eigenvalue weighted by Crippen LogP contribution is 2.17. The summed E-state index contributed by atoms with van der Waals surface area (Å²) in [5, 5.41) is 8.90. The van der Waals surface area contributed by atoms with Crippen LogP contribution in [0.2, 0.25) is 0 Å². The molecule has 0 aliphatic carbocycles. The SMILES string of the molecule is CCCSCC[N+](CC)(CCCCCN1CCCCC1)CCCCC(=O)O. The van der Waals surface area contributed by atoms with Crippen molar-refractivity contribution in [3.8, 4) is 0 Å². The number of nitrogens with zero attached hydrogens (tertiary/aromatic N) is 2. The van der Waals surface area contributed by atoms with Crippen molar-refractivity contribution >= 4 is 17.7 Å². The zero-order valence-electron chi connectivity index (χ0n) is 18.1. The summed E-state index contributed by atoms with van der Waals surface area (Å²) < 4.78 is 1.19. The Bertz CT molecular complexity index is 375. The Morgan fingerprint density at radius 1 is 0.926 bits per heavy atom. The van der Waals surface area contributed by atoms with E-state index in [4.69, 9.17) is 5.11 Å². The Morgan fingerprint density at radius 3 is 2.26 bits per heavy atom. The number of likely N-dealkylation sites (tertiary alicyclic amines) is 1. The van der Waals surface area contributed by atoms with Crippen molar-refractivity contribution in [2.75, 3.05) is 57.3 Å². The lowest BCUT2D eigenvalue weighted by molar-refractivity contribution is -0.924. The van der Waals surface area contributed by atoms with Gasteiger partial charge in [-0.05, 0) is 83.7 Å². The van der Waals surface area contributed by atoms with Crippen molar-refractivity contribution in [2.24, 2.45) is 0 Å². The summed E-state index contributed by atoms with van der Waals surface area (Å²) in [4.78, 5) is 13.5. The number of rotatable bonds is 17. The largest absolute Gasteiger partial charge is 0.481 e. The molecule has 0 amide bonds. The first kappa shape index (κ1) is 24.8. The lowest BCUT2D eigenvalue weighted by Gasteiger charge is -2.38. The third kappa shape index (κ3) is 12.0. The Kier molecular flexibility index (Phi) is 14.4. The molecule has 160 valence electrons. The van der Waals surface area contributed by atoms with Gasteiger partial charge in [0.25, 0.3) is 0 Å². The van der Waals surface area contributed by atoms with Crippen LogP contribution < -0.4 is 0 Å². The molecule has 0 aromatic heterocycles. The smallest absolute Gasteiger partial charge is 0.303 e. The number of hydrogen-bond donors (Lipinski definition) is 1. The highest BCUT2D eigenvalue weighted by Gasteiger charge is 2.24. The molecule has 0 aromatic rings. The van der Waals surface area contributed by atoms with E-state index in [1.807, 2.05) is 0 Å². The van der Waals surface area contributed by atoms with E-state index in [2.05, 4.69) is 30.5 Å². The van der Waals surface area contributed by atoms with E-state index >= 15 is 0 Å². The first-order valence-electron chi connectivity index (χ1n) is 11.5. The zero-order chi connectivity index (χ0) is 19.8. The predicted octanol–water partition coefficient (Wildman–Crippen LogP) is 4.88. The van der Waals surface area contributed by atoms with Crippen molar-refractivity contribution in [1.29, 1.82) is 0 Å². The normalized spacial score (nSPS) is 17.7. The van der Waals surface area contributed by atoms with Gasteiger partial charge in [-0.25, -0.2) is 0 Å².